The fourth-order valence-electron chi connectivity index (χ4n) is 1.55. The Hall–Kier alpha value is -1.95. The first-order chi connectivity index (χ1) is 10.6. The number of anilines is 1. The van der Waals surface area contributed by atoms with E-state index in [0.29, 0.717) is 6.07 Å². The highest BCUT2D eigenvalue weighted by Crippen LogP contribution is 2.35. The Balaban J connectivity index is 2.27. The summed E-state index contributed by atoms with van der Waals surface area (Å²) in [6.07, 6.45) is -4.65. The van der Waals surface area contributed by atoms with Crippen LogP contribution in [0.15, 0.2) is 27.1 Å². The summed E-state index contributed by atoms with van der Waals surface area (Å²) in [6.45, 7) is 0. The van der Waals surface area contributed by atoms with Gasteiger partial charge < -0.3 is 5.32 Å². The van der Waals surface area contributed by atoms with Crippen LogP contribution in [0.1, 0.15) is 16.2 Å². The van der Waals surface area contributed by atoms with E-state index in [2.05, 4.69) is 42.3 Å². The van der Waals surface area contributed by atoms with Crippen LogP contribution in [-0.4, -0.2) is 21.0 Å². The standard InChI is InChI=1S/C11H5Br2F3N4O3/c12-5-1-4(20(22)23)2-6(13)9(5)17-10(21)7-3-8(19-18-7)11(14,15)16/h1-3H,(H,17,21)(H,18,19). The lowest BCUT2D eigenvalue weighted by molar-refractivity contribution is -0.385. The van der Waals surface area contributed by atoms with E-state index in [1.165, 1.54) is 0 Å². The SMILES string of the molecule is O=C(Nc1c(Br)cc([N+](=O)[O-])cc1Br)c1cc(C(F)(F)F)[nH]n1. The van der Waals surface area contributed by atoms with Crippen LogP contribution < -0.4 is 5.32 Å². The van der Waals surface area contributed by atoms with Gasteiger partial charge in [-0.1, -0.05) is 0 Å². The third kappa shape index (κ3) is 3.88. The van der Waals surface area contributed by atoms with Gasteiger partial charge in [0.2, 0.25) is 0 Å². The third-order valence-electron chi connectivity index (χ3n) is 2.59. The van der Waals surface area contributed by atoms with Crippen LogP contribution in [0.3, 0.4) is 0 Å². The average molecular weight is 458 g/mol. The summed E-state index contributed by atoms with van der Waals surface area (Å²) >= 11 is 6.09. The van der Waals surface area contributed by atoms with Crippen molar-refractivity contribution >= 4 is 49.1 Å². The molecule has 0 aliphatic carbocycles. The minimum atomic E-state index is -4.65. The molecule has 1 amide bonds. The highest BCUT2D eigenvalue weighted by molar-refractivity contribution is 9.11. The molecule has 7 nitrogen and oxygen atoms in total. The van der Waals surface area contributed by atoms with Crippen LogP contribution in [0.2, 0.25) is 0 Å². The predicted octanol–water partition coefficient (Wildman–Crippen LogP) is 4.11. The smallest absolute Gasteiger partial charge is 0.319 e. The predicted molar refractivity (Wildman–Crippen MR) is 80.0 cm³/mol. The van der Waals surface area contributed by atoms with Crippen molar-refractivity contribution in [3.8, 4) is 0 Å². The number of carbonyl (C=O) groups is 1. The first-order valence-electron chi connectivity index (χ1n) is 5.67. The number of alkyl halides is 3. The number of rotatable bonds is 3. The second kappa shape index (κ2) is 6.28. The fourth-order valence-corrected chi connectivity index (χ4v) is 2.91. The number of nitro groups is 1. The molecule has 12 heteroatoms. The molecule has 0 bridgehead atoms. The molecule has 0 atom stereocenters. The summed E-state index contributed by atoms with van der Waals surface area (Å²) in [4.78, 5) is 22.0. The van der Waals surface area contributed by atoms with Crippen molar-refractivity contribution in [2.45, 2.75) is 6.18 Å². The normalized spacial score (nSPS) is 11.3. The van der Waals surface area contributed by atoms with Crippen LogP contribution in [-0.2, 0) is 6.18 Å². The Morgan fingerprint density at radius 3 is 2.26 bits per heavy atom. The second-order valence-electron chi connectivity index (χ2n) is 4.16. The van der Waals surface area contributed by atoms with E-state index in [1.807, 2.05) is 0 Å². The number of benzene rings is 1. The number of nitrogens with one attached hydrogen (secondary N) is 2. The van der Waals surface area contributed by atoms with Gasteiger partial charge in [0.05, 0.1) is 10.6 Å². The fraction of sp³-hybridized carbons (Fsp3) is 0.0909. The first-order valence-corrected chi connectivity index (χ1v) is 7.25. The van der Waals surface area contributed by atoms with Gasteiger partial charge in [-0.15, -0.1) is 0 Å². The van der Waals surface area contributed by atoms with E-state index < -0.39 is 28.4 Å². The quantitative estimate of drug-likeness (QED) is 0.534. The van der Waals surface area contributed by atoms with Gasteiger partial charge in [0, 0.05) is 27.1 Å². The topological polar surface area (TPSA) is 101 Å². The van der Waals surface area contributed by atoms with Gasteiger partial charge in [0.15, 0.2) is 5.69 Å². The molecular formula is C11H5Br2F3N4O3. The largest absolute Gasteiger partial charge is 0.432 e. The third-order valence-corrected chi connectivity index (χ3v) is 3.84. The summed E-state index contributed by atoms with van der Waals surface area (Å²) in [7, 11) is 0. The van der Waals surface area contributed by atoms with Crippen molar-refractivity contribution in [3.05, 3.63) is 48.6 Å². The van der Waals surface area contributed by atoms with Crippen LogP contribution in [0.4, 0.5) is 24.5 Å². The molecule has 1 heterocycles. The molecule has 0 unspecified atom stereocenters. The summed E-state index contributed by atoms with van der Waals surface area (Å²) in [5.41, 5.74) is -1.75. The zero-order chi connectivity index (χ0) is 17.4. The maximum atomic E-state index is 12.5. The average Bonchev–Trinajstić information content (AvgIpc) is 2.92. The molecule has 0 saturated heterocycles. The maximum Gasteiger partial charge on any atom is 0.432 e. The number of non-ortho nitro benzene ring substituents is 1. The summed E-state index contributed by atoms with van der Waals surface area (Å²) in [6, 6.07) is 2.85. The highest BCUT2D eigenvalue weighted by Gasteiger charge is 2.34. The number of nitrogens with zero attached hydrogens (tertiary/aromatic N) is 2. The van der Waals surface area contributed by atoms with Crippen molar-refractivity contribution < 1.29 is 22.9 Å². The monoisotopic (exact) mass is 456 g/mol. The summed E-state index contributed by atoms with van der Waals surface area (Å²) in [5.74, 6) is -0.910. The molecule has 1 aromatic carbocycles. The van der Waals surface area contributed by atoms with Crippen molar-refractivity contribution in [2.75, 3.05) is 5.32 Å². The number of aromatic amines is 1. The number of aromatic nitrogens is 2. The molecule has 1 aromatic heterocycles. The summed E-state index contributed by atoms with van der Waals surface area (Å²) in [5, 5.41) is 18.0. The number of amides is 1. The highest BCUT2D eigenvalue weighted by atomic mass is 79.9. The minimum absolute atomic E-state index is 0.122. The number of hydrogen-bond donors (Lipinski definition) is 2. The van der Waals surface area contributed by atoms with E-state index in [1.54, 1.807) is 5.10 Å². The zero-order valence-electron chi connectivity index (χ0n) is 10.7. The van der Waals surface area contributed by atoms with Gasteiger partial charge in [-0.25, -0.2) is 0 Å². The molecule has 2 aromatic rings. The molecule has 0 spiro atoms. The lowest BCUT2D eigenvalue weighted by Crippen LogP contribution is -2.13. The maximum absolute atomic E-state index is 12.5. The van der Waals surface area contributed by atoms with Gasteiger partial charge in [0.1, 0.15) is 5.69 Å². The van der Waals surface area contributed by atoms with Crippen LogP contribution in [0.5, 0.6) is 0 Å². The Morgan fingerprint density at radius 1 is 1.26 bits per heavy atom. The Kier molecular flexibility index (Phi) is 4.75. The molecule has 122 valence electrons. The Labute approximate surface area is 142 Å². The summed E-state index contributed by atoms with van der Waals surface area (Å²) < 4.78 is 37.7. The number of nitro benzene ring substituents is 1. The molecule has 2 rings (SSSR count). The molecule has 23 heavy (non-hydrogen) atoms. The first kappa shape index (κ1) is 17.4. The van der Waals surface area contributed by atoms with Gasteiger partial charge in [-0.05, 0) is 31.9 Å². The van der Waals surface area contributed by atoms with Crippen LogP contribution >= 0.6 is 31.9 Å². The zero-order valence-corrected chi connectivity index (χ0v) is 13.9. The second-order valence-corrected chi connectivity index (χ2v) is 5.87. The van der Waals surface area contributed by atoms with Crippen LogP contribution in [0, 0.1) is 10.1 Å². The lowest BCUT2D eigenvalue weighted by atomic mass is 10.2. The minimum Gasteiger partial charge on any atom is -0.319 e. The van der Waals surface area contributed by atoms with E-state index in [-0.39, 0.29) is 20.3 Å². The van der Waals surface area contributed by atoms with Gasteiger partial charge >= 0.3 is 6.18 Å². The van der Waals surface area contributed by atoms with E-state index in [4.69, 9.17) is 0 Å². The van der Waals surface area contributed by atoms with Gasteiger partial charge in [0.25, 0.3) is 11.6 Å². The van der Waals surface area contributed by atoms with Crippen molar-refractivity contribution in [1.29, 1.82) is 0 Å². The van der Waals surface area contributed by atoms with E-state index in [0.717, 1.165) is 12.1 Å². The Bertz CT molecular complexity index is 768. The molecular weight excluding hydrogens is 453 g/mol. The van der Waals surface area contributed by atoms with E-state index in [9.17, 15) is 28.1 Å². The molecule has 0 saturated carbocycles. The Morgan fingerprint density at radius 2 is 1.83 bits per heavy atom. The van der Waals surface area contributed by atoms with Gasteiger partial charge in [-0.3, -0.25) is 20.0 Å². The van der Waals surface area contributed by atoms with Crippen molar-refractivity contribution in [3.63, 3.8) is 0 Å². The number of hydrogen-bond acceptors (Lipinski definition) is 4. The molecule has 2 N–H and O–H groups in total. The molecule has 0 fully saturated rings. The van der Waals surface area contributed by atoms with Crippen molar-refractivity contribution in [2.24, 2.45) is 0 Å². The van der Waals surface area contributed by atoms with Crippen LogP contribution in [0.25, 0.3) is 0 Å². The van der Waals surface area contributed by atoms with E-state index >= 15 is 0 Å². The molecule has 0 aliphatic rings. The number of H-pyrrole nitrogens is 1. The van der Waals surface area contributed by atoms with Crippen molar-refractivity contribution in [1.82, 2.24) is 10.2 Å². The molecule has 0 radical (unpaired) electrons. The van der Waals surface area contributed by atoms with Gasteiger partial charge in [-0.2, -0.15) is 18.3 Å². The molecule has 0 aliphatic heterocycles. The lowest BCUT2D eigenvalue weighted by Gasteiger charge is -2.08. The number of halogens is 5. The number of carbonyl (C=O) groups excluding carboxylic acids is 1.